The van der Waals surface area contributed by atoms with Gasteiger partial charge in [0.25, 0.3) is 11.6 Å². The van der Waals surface area contributed by atoms with Gasteiger partial charge < -0.3 is 9.64 Å². The van der Waals surface area contributed by atoms with Gasteiger partial charge in [-0.2, -0.15) is 0 Å². The van der Waals surface area contributed by atoms with Crippen molar-refractivity contribution in [3.8, 4) is 11.6 Å². The van der Waals surface area contributed by atoms with Crippen molar-refractivity contribution in [3.05, 3.63) is 94.2 Å². The number of benzene rings is 2. The highest BCUT2D eigenvalue weighted by molar-refractivity contribution is 5.96. The van der Waals surface area contributed by atoms with Crippen molar-refractivity contribution in [2.45, 2.75) is 6.54 Å². The number of ether oxygens (including phenoxy) is 1. The van der Waals surface area contributed by atoms with Crippen LogP contribution in [-0.4, -0.2) is 51.8 Å². The van der Waals surface area contributed by atoms with Gasteiger partial charge in [-0.25, -0.2) is 4.98 Å². The van der Waals surface area contributed by atoms with E-state index >= 15 is 0 Å². The first kappa shape index (κ1) is 20.5. The van der Waals surface area contributed by atoms with Crippen molar-refractivity contribution in [2.75, 3.05) is 26.2 Å². The molecule has 158 valence electrons. The molecule has 0 atom stereocenters. The Morgan fingerprint density at radius 3 is 2.52 bits per heavy atom. The molecule has 1 aliphatic heterocycles. The molecule has 2 heterocycles. The van der Waals surface area contributed by atoms with Crippen LogP contribution in [0.1, 0.15) is 15.9 Å². The number of carbonyl (C=O) groups is 1. The number of hydrogen-bond acceptors (Lipinski definition) is 6. The number of rotatable bonds is 6. The summed E-state index contributed by atoms with van der Waals surface area (Å²) in [4.78, 5) is 31.9. The normalized spacial score (nSPS) is 14.3. The zero-order valence-electron chi connectivity index (χ0n) is 16.9. The predicted molar refractivity (Wildman–Crippen MR) is 115 cm³/mol. The highest BCUT2D eigenvalue weighted by Crippen LogP contribution is 2.24. The van der Waals surface area contributed by atoms with Gasteiger partial charge in [-0.1, -0.05) is 30.3 Å². The van der Waals surface area contributed by atoms with Gasteiger partial charge in [0.1, 0.15) is 11.3 Å². The number of nitro benzene ring substituents is 1. The van der Waals surface area contributed by atoms with Crippen LogP contribution in [0.5, 0.6) is 11.6 Å². The van der Waals surface area contributed by atoms with Crippen LogP contribution in [0.3, 0.4) is 0 Å². The van der Waals surface area contributed by atoms with E-state index in [1.165, 1.54) is 6.07 Å². The molecule has 0 saturated carbocycles. The quantitative estimate of drug-likeness (QED) is 0.448. The van der Waals surface area contributed by atoms with Crippen LogP contribution in [0, 0.1) is 10.1 Å². The first-order valence-electron chi connectivity index (χ1n) is 10.0. The van der Waals surface area contributed by atoms with Crippen molar-refractivity contribution in [3.63, 3.8) is 0 Å². The van der Waals surface area contributed by atoms with Gasteiger partial charge in [0, 0.05) is 51.1 Å². The first-order valence-corrected chi connectivity index (χ1v) is 10.0. The monoisotopic (exact) mass is 418 g/mol. The number of hydrogen-bond donors (Lipinski definition) is 0. The number of nitro groups is 1. The summed E-state index contributed by atoms with van der Waals surface area (Å²) in [5.74, 6) is 0.795. The summed E-state index contributed by atoms with van der Waals surface area (Å²) in [5.41, 5.74) is 1.41. The fourth-order valence-electron chi connectivity index (χ4n) is 3.54. The highest BCUT2D eigenvalue weighted by atomic mass is 16.6. The largest absolute Gasteiger partial charge is 0.438 e. The Morgan fingerprint density at radius 2 is 1.77 bits per heavy atom. The minimum Gasteiger partial charge on any atom is -0.438 e. The fraction of sp³-hybridized carbons (Fsp3) is 0.217. The van der Waals surface area contributed by atoms with E-state index in [0.29, 0.717) is 44.0 Å². The van der Waals surface area contributed by atoms with Gasteiger partial charge in [0.05, 0.1) is 4.92 Å². The maximum atomic E-state index is 13.1. The lowest BCUT2D eigenvalue weighted by Gasteiger charge is -2.34. The Labute approximate surface area is 179 Å². The summed E-state index contributed by atoms with van der Waals surface area (Å²) >= 11 is 0. The molecule has 1 aliphatic rings. The lowest BCUT2D eigenvalue weighted by Crippen LogP contribution is -2.48. The minimum absolute atomic E-state index is 0.0915. The molecule has 3 aromatic rings. The summed E-state index contributed by atoms with van der Waals surface area (Å²) < 4.78 is 5.83. The molecule has 0 aliphatic carbocycles. The molecular weight excluding hydrogens is 396 g/mol. The van der Waals surface area contributed by atoms with Crippen LogP contribution in [-0.2, 0) is 6.54 Å². The molecule has 0 N–H and O–H groups in total. The molecule has 0 radical (unpaired) electrons. The van der Waals surface area contributed by atoms with Gasteiger partial charge >= 0.3 is 0 Å². The summed E-state index contributed by atoms with van der Waals surface area (Å²) in [6, 6.07) is 19.4. The Morgan fingerprint density at radius 1 is 1.00 bits per heavy atom. The van der Waals surface area contributed by atoms with Gasteiger partial charge in [-0.3, -0.25) is 19.8 Å². The topological polar surface area (TPSA) is 88.8 Å². The second-order valence-electron chi connectivity index (χ2n) is 7.27. The molecule has 8 nitrogen and oxygen atoms in total. The molecule has 1 aromatic heterocycles. The third kappa shape index (κ3) is 5.04. The molecule has 1 saturated heterocycles. The van der Waals surface area contributed by atoms with E-state index in [2.05, 4.69) is 9.88 Å². The second-order valence-corrected chi connectivity index (χ2v) is 7.27. The van der Waals surface area contributed by atoms with E-state index in [4.69, 9.17) is 4.74 Å². The minimum atomic E-state index is -0.386. The van der Waals surface area contributed by atoms with E-state index < -0.39 is 0 Å². The van der Waals surface area contributed by atoms with Crippen molar-refractivity contribution in [2.24, 2.45) is 0 Å². The number of pyridine rings is 1. The van der Waals surface area contributed by atoms with Crippen LogP contribution < -0.4 is 4.74 Å². The first-order chi connectivity index (χ1) is 15.1. The van der Waals surface area contributed by atoms with E-state index in [1.807, 2.05) is 36.4 Å². The van der Waals surface area contributed by atoms with Crippen LogP contribution in [0.15, 0.2) is 72.9 Å². The molecular formula is C23H22N4O4. The third-order valence-corrected chi connectivity index (χ3v) is 5.15. The number of amides is 1. The molecule has 1 fully saturated rings. The SMILES string of the molecule is O=C(c1cccnc1Oc1ccccc1)N1CCN(Cc2cccc([N+](=O)[O-])c2)CC1. The Hall–Kier alpha value is -3.78. The van der Waals surface area contributed by atoms with Gasteiger partial charge in [-0.05, 0) is 29.8 Å². The van der Waals surface area contributed by atoms with E-state index in [1.54, 1.807) is 35.4 Å². The molecule has 8 heteroatoms. The maximum absolute atomic E-state index is 13.1. The zero-order chi connectivity index (χ0) is 21.6. The molecule has 0 bridgehead atoms. The number of aromatic nitrogens is 1. The third-order valence-electron chi connectivity index (χ3n) is 5.15. The fourth-order valence-corrected chi connectivity index (χ4v) is 3.54. The number of carbonyl (C=O) groups excluding carboxylic acids is 1. The van der Waals surface area contributed by atoms with E-state index in [-0.39, 0.29) is 22.4 Å². The molecule has 31 heavy (non-hydrogen) atoms. The van der Waals surface area contributed by atoms with Crippen LogP contribution in [0.4, 0.5) is 5.69 Å². The van der Waals surface area contributed by atoms with Gasteiger partial charge in [-0.15, -0.1) is 0 Å². The predicted octanol–water partition coefficient (Wildman–Crippen LogP) is 3.74. The van der Waals surface area contributed by atoms with Crippen molar-refractivity contribution in [1.29, 1.82) is 0 Å². The van der Waals surface area contributed by atoms with Gasteiger partial charge in [0.15, 0.2) is 0 Å². The Kier molecular flexibility index (Phi) is 6.18. The van der Waals surface area contributed by atoms with Crippen LogP contribution in [0.2, 0.25) is 0 Å². The zero-order valence-corrected chi connectivity index (χ0v) is 16.9. The van der Waals surface area contributed by atoms with Gasteiger partial charge in [0.2, 0.25) is 5.88 Å². The van der Waals surface area contributed by atoms with Crippen molar-refractivity contribution >= 4 is 11.6 Å². The number of non-ortho nitro benzene ring substituents is 1. The molecule has 0 spiro atoms. The summed E-state index contributed by atoms with van der Waals surface area (Å²) in [6.45, 7) is 3.10. The second kappa shape index (κ2) is 9.36. The standard InChI is InChI=1S/C23H22N4O4/c28-23(21-10-5-11-24-22(21)31-20-8-2-1-3-9-20)26-14-12-25(13-15-26)17-18-6-4-7-19(16-18)27(29)30/h1-11,16H,12-15,17H2. The lowest BCUT2D eigenvalue weighted by atomic mass is 10.1. The Bertz CT molecular complexity index is 1070. The summed E-state index contributed by atoms with van der Waals surface area (Å²) in [5, 5.41) is 11.0. The lowest BCUT2D eigenvalue weighted by molar-refractivity contribution is -0.384. The average molecular weight is 418 g/mol. The maximum Gasteiger partial charge on any atom is 0.269 e. The Balaban J connectivity index is 1.39. The van der Waals surface area contributed by atoms with Crippen molar-refractivity contribution < 1.29 is 14.5 Å². The number of piperazine rings is 1. The highest BCUT2D eigenvalue weighted by Gasteiger charge is 2.25. The average Bonchev–Trinajstić information content (AvgIpc) is 2.80. The van der Waals surface area contributed by atoms with E-state index in [0.717, 1.165) is 5.56 Å². The van der Waals surface area contributed by atoms with Crippen LogP contribution in [0.25, 0.3) is 0 Å². The number of nitrogens with zero attached hydrogens (tertiary/aromatic N) is 4. The number of para-hydroxylation sites is 1. The van der Waals surface area contributed by atoms with E-state index in [9.17, 15) is 14.9 Å². The molecule has 2 aromatic carbocycles. The molecule has 1 amide bonds. The van der Waals surface area contributed by atoms with Crippen LogP contribution >= 0.6 is 0 Å². The van der Waals surface area contributed by atoms with Crippen molar-refractivity contribution in [1.82, 2.24) is 14.8 Å². The molecule has 0 unspecified atom stereocenters. The summed E-state index contributed by atoms with van der Waals surface area (Å²) in [6.07, 6.45) is 1.60. The summed E-state index contributed by atoms with van der Waals surface area (Å²) in [7, 11) is 0. The molecule has 4 rings (SSSR count). The smallest absolute Gasteiger partial charge is 0.269 e.